The summed E-state index contributed by atoms with van der Waals surface area (Å²) in [5, 5.41) is 9.18. The van der Waals surface area contributed by atoms with Gasteiger partial charge in [0.15, 0.2) is 11.0 Å². The summed E-state index contributed by atoms with van der Waals surface area (Å²) >= 11 is 1.44. The molecule has 1 saturated heterocycles. The van der Waals surface area contributed by atoms with E-state index >= 15 is 0 Å². The second-order valence-electron chi connectivity index (χ2n) is 7.28. The monoisotopic (exact) mass is 388 g/mol. The van der Waals surface area contributed by atoms with Crippen molar-refractivity contribution in [3.05, 3.63) is 35.7 Å². The van der Waals surface area contributed by atoms with E-state index in [1.165, 1.54) is 18.2 Å². The molecule has 0 N–H and O–H groups in total. The highest BCUT2D eigenvalue weighted by Crippen LogP contribution is 2.25. The van der Waals surface area contributed by atoms with E-state index in [1.807, 2.05) is 47.7 Å². The van der Waals surface area contributed by atoms with Gasteiger partial charge >= 0.3 is 0 Å². The molecule has 2 atom stereocenters. The number of carbonyl (C=O) groups excluding carboxylic acids is 1. The van der Waals surface area contributed by atoms with E-state index in [2.05, 4.69) is 24.0 Å². The Kier molecular flexibility index (Phi) is 6.42. The van der Waals surface area contributed by atoms with E-state index in [4.69, 9.17) is 4.74 Å². The number of aromatic nitrogens is 3. The molecule has 27 heavy (non-hydrogen) atoms. The van der Waals surface area contributed by atoms with Gasteiger partial charge in [-0.25, -0.2) is 0 Å². The molecule has 0 bridgehead atoms. The zero-order chi connectivity index (χ0) is 19.4. The number of aryl methyl sites for hydroxylation is 1. The fraction of sp³-hybridized carbons (Fsp3) is 0.550. The Morgan fingerprint density at radius 1 is 1.26 bits per heavy atom. The number of likely N-dealkylation sites (tertiary alicyclic amines) is 1. The van der Waals surface area contributed by atoms with Gasteiger partial charge in [-0.2, -0.15) is 0 Å². The zero-order valence-electron chi connectivity index (χ0n) is 16.5. The van der Waals surface area contributed by atoms with Crippen molar-refractivity contribution in [1.82, 2.24) is 19.7 Å². The lowest BCUT2D eigenvalue weighted by molar-refractivity contribution is -0.134. The van der Waals surface area contributed by atoms with Crippen molar-refractivity contribution in [1.29, 1.82) is 0 Å². The number of ether oxygens (including phenoxy) is 1. The average molecular weight is 389 g/mol. The van der Waals surface area contributed by atoms with Crippen LogP contribution in [0.25, 0.3) is 0 Å². The van der Waals surface area contributed by atoms with Gasteiger partial charge in [-0.15, -0.1) is 10.2 Å². The van der Waals surface area contributed by atoms with Crippen LogP contribution >= 0.6 is 11.8 Å². The summed E-state index contributed by atoms with van der Waals surface area (Å²) in [4.78, 5) is 14.7. The summed E-state index contributed by atoms with van der Waals surface area (Å²) in [6, 6.07) is 8.56. The molecule has 1 aliphatic heterocycles. The van der Waals surface area contributed by atoms with E-state index in [1.54, 1.807) is 0 Å². The van der Waals surface area contributed by atoms with Crippen LogP contribution < -0.4 is 4.74 Å². The highest BCUT2D eigenvalue weighted by atomic mass is 32.2. The van der Waals surface area contributed by atoms with Crippen LogP contribution in [0.3, 0.4) is 0 Å². The quantitative estimate of drug-likeness (QED) is 0.708. The number of hydrogen-bond donors (Lipinski definition) is 0. The van der Waals surface area contributed by atoms with Gasteiger partial charge < -0.3 is 14.2 Å². The fourth-order valence-electron chi connectivity index (χ4n) is 3.56. The Hall–Kier alpha value is -2.02. The normalized spacial score (nSPS) is 19.9. The molecule has 3 rings (SSSR count). The molecule has 6 nitrogen and oxygen atoms in total. The third-order valence-electron chi connectivity index (χ3n) is 5.09. The van der Waals surface area contributed by atoms with Gasteiger partial charge in [0.25, 0.3) is 0 Å². The Bertz CT molecular complexity index is 782. The number of piperidine rings is 1. The van der Waals surface area contributed by atoms with Gasteiger partial charge in [0.1, 0.15) is 12.4 Å². The second kappa shape index (κ2) is 8.78. The third-order valence-corrected chi connectivity index (χ3v) is 6.09. The molecule has 1 amide bonds. The van der Waals surface area contributed by atoms with Crippen LogP contribution in [0.1, 0.15) is 44.5 Å². The van der Waals surface area contributed by atoms with Crippen LogP contribution in [0.5, 0.6) is 5.75 Å². The molecule has 0 saturated carbocycles. The highest BCUT2D eigenvalue weighted by molar-refractivity contribution is 7.99. The molecule has 0 spiro atoms. The number of hydrogen-bond acceptors (Lipinski definition) is 5. The predicted octanol–water partition coefficient (Wildman–Crippen LogP) is 3.58. The van der Waals surface area contributed by atoms with Crippen LogP contribution in [-0.4, -0.2) is 43.4 Å². The summed E-state index contributed by atoms with van der Waals surface area (Å²) in [5.41, 5.74) is 1.15. The van der Waals surface area contributed by atoms with Crippen LogP contribution in [-0.2, 0) is 18.4 Å². The molecular formula is C20H28N4O2S. The molecular weight excluding hydrogens is 360 g/mol. The van der Waals surface area contributed by atoms with E-state index < -0.39 is 0 Å². The van der Waals surface area contributed by atoms with Gasteiger partial charge in [0, 0.05) is 19.1 Å². The Balaban J connectivity index is 1.56. The van der Waals surface area contributed by atoms with E-state index in [0.717, 1.165) is 35.1 Å². The lowest BCUT2D eigenvalue weighted by atomic mass is 9.98. The molecule has 1 aromatic heterocycles. The topological polar surface area (TPSA) is 60.3 Å². The van der Waals surface area contributed by atoms with Gasteiger partial charge in [-0.1, -0.05) is 23.9 Å². The first-order valence-electron chi connectivity index (χ1n) is 9.47. The van der Waals surface area contributed by atoms with Crippen LogP contribution in [0.15, 0.2) is 29.4 Å². The Morgan fingerprint density at radius 2 is 2.00 bits per heavy atom. The van der Waals surface area contributed by atoms with Crippen LogP contribution in [0.4, 0.5) is 0 Å². The van der Waals surface area contributed by atoms with Gasteiger partial charge in [-0.3, -0.25) is 4.79 Å². The number of rotatable bonds is 6. The number of benzene rings is 1. The molecule has 0 aliphatic carbocycles. The SMILES string of the molecule is Cc1cccc(OCc2nnc(SCC(=O)N3C(C)CCCC3C)n2C)c1. The van der Waals surface area contributed by atoms with Crippen LogP contribution in [0, 0.1) is 6.92 Å². The smallest absolute Gasteiger partial charge is 0.233 e. The standard InChI is InChI=1S/C20H28N4O2S/c1-14-7-5-10-17(11-14)26-12-18-21-22-20(23(18)4)27-13-19(25)24-15(2)8-6-9-16(24)3/h5,7,10-11,15-16H,6,8-9,12-13H2,1-4H3. The van der Waals surface area contributed by atoms with Crippen molar-refractivity contribution in [2.45, 2.75) is 63.9 Å². The minimum absolute atomic E-state index is 0.181. The Labute approximate surface area is 165 Å². The number of thioether (sulfide) groups is 1. The minimum Gasteiger partial charge on any atom is -0.486 e. The van der Waals surface area contributed by atoms with Crippen molar-refractivity contribution >= 4 is 17.7 Å². The van der Waals surface area contributed by atoms with Crippen molar-refractivity contribution in [2.24, 2.45) is 7.05 Å². The van der Waals surface area contributed by atoms with E-state index in [9.17, 15) is 4.79 Å². The van der Waals surface area contributed by atoms with E-state index in [-0.39, 0.29) is 5.91 Å². The lowest BCUT2D eigenvalue weighted by Gasteiger charge is -2.39. The van der Waals surface area contributed by atoms with Crippen molar-refractivity contribution in [3.63, 3.8) is 0 Å². The first kappa shape index (κ1) is 19.7. The zero-order valence-corrected chi connectivity index (χ0v) is 17.3. The first-order valence-corrected chi connectivity index (χ1v) is 10.5. The largest absolute Gasteiger partial charge is 0.486 e. The summed E-state index contributed by atoms with van der Waals surface area (Å²) < 4.78 is 7.71. The maximum Gasteiger partial charge on any atom is 0.233 e. The van der Waals surface area contributed by atoms with Crippen molar-refractivity contribution in [3.8, 4) is 5.75 Å². The Morgan fingerprint density at radius 3 is 2.70 bits per heavy atom. The molecule has 1 aliphatic rings. The second-order valence-corrected chi connectivity index (χ2v) is 8.22. The third kappa shape index (κ3) is 4.83. The van der Waals surface area contributed by atoms with Gasteiger partial charge in [0.2, 0.25) is 5.91 Å². The molecule has 1 fully saturated rings. The molecule has 0 radical (unpaired) electrons. The molecule has 2 heterocycles. The summed E-state index contributed by atoms with van der Waals surface area (Å²) in [7, 11) is 1.91. The van der Waals surface area contributed by atoms with Crippen LogP contribution in [0.2, 0.25) is 0 Å². The number of amides is 1. The summed E-state index contributed by atoms with van der Waals surface area (Å²) in [6.07, 6.45) is 3.38. The predicted molar refractivity (Wildman–Crippen MR) is 107 cm³/mol. The lowest BCUT2D eigenvalue weighted by Crippen LogP contribution is -2.48. The summed E-state index contributed by atoms with van der Waals surface area (Å²) in [6.45, 7) is 6.66. The maximum absolute atomic E-state index is 12.7. The minimum atomic E-state index is 0.181. The molecule has 1 aromatic carbocycles. The van der Waals surface area contributed by atoms with E-state index in [0.29, 0.717) is 24.4 Å². The molecule has 7 heteroatoms. The fourth-order valence-corrected chi connectivity index (χ4v) is 4.36. The maximum atomic E-state index is 12.7. The number of nitrogens with zero attached hydrogens (tertiary/aromatic N) is 4. The first-order chi connectivity index (χ1) is 13.0. The molecule has 146 valence electrons. The molecule has 2 unspecified atom stereocenters. The average Bonchev–Trinajstić information content (AvgIpc) is 2.98. The highest BCUT2D eigenvalue weighted by Gasteiger charge is 2.29. The summed E-state index contributed by atoms with van der Waals surface area (Å²) in [5.74, 6) is 2.13. The van der Waals surface area contributed by atoms with Crippen molar-refractivity contribution in [2.75, 3.05) is 5.75 Å². The van der Waals surface area contributed by atoms with Gasteiger partial charge in [-0.05, 0) is 57.7 Å². The number of carbonyl (C=O) groups is 1. The van der Waals surface area contributed by atoms with Gasteiger partial charge in [0.05, 0.1) is 5.75 Å². The molecule has 2 aromatic rings. The van der Waals surface area contributed by atoms with Crippen molar-refractivity contribution < 1.29 is 9.53 Å².